The third-order valence-corrected chi connectivity index (χ3v) is 5.34. The van der Waals surface area contributed by atoms with Gasteiger partial charge in [0.1, 0.15) is 17.1 Å². The lowest BCUT2D eigenvalue weighted by Crippen LogP contribution is -2.35. The van der Waals surface area contributed by atoms with Crippen LogP contribution in [0, 0.1) is 0 Å². The van der Waals surface area contributed by atoms with Crippen molar-refractivity contribution >= 4 is 11.5 Å². The van der Waals surface area contributed by atoms with Crippen LogP contribution in [0.15, 0.2) is 60.9 Å². The number of hydrogen-bond donors (Lipinski definition) is 2. The van der Waals surface area contributed by atoms with Crippen molar-refractivity contribution in [1.29, 1.82) is 0 Å². The van der Waals surface area contributed by atoms with E-state index in [0.717, 1.165) is 24.1 Å². The third-order valence-electron chi connectivity index (χ3n) is 5.34. The normalized spacial score (nSPS) is 22.9. The number of aromatic hydroxyl groups is 1. The van der Waals surface area contributed by atoms with Crippen LogP contribution in [0.25, 0.3) is 5.57 Å². The summed E-state index contributed by atoms with van der Waals surface area (Å²) in [4.78, 5) is 14.3. The monoisotopic (exact) mass is 380 g/mol. The van der Waals surface area contributed by atoms with E-state index in [4.69, 9.17) is 4.74 Å². The molecule has 1 atom stereocenters. The minimum absolute atomic E-state index is 0.0648. The zero-order chi connectivity index (χ0) is 20.3. The number of carbonyl (C=O) groups is 1. The van der Waals surface area contributed by atoms with Crippen molar-refractivity contribution in [1.82, 2.24) is 10.2 Å². The number of rotatable bonds is 5. The van der Waals surface area contributed by atoms with Gasteiger partial charge in [0.05, 0.1) is 0 Å². The molecule has 0 aliphatic carbocycles. The van der Waals surface area contributed by atoms with E-state index in [-0.39, 0.29) is 11.7 Å². The molecule has 5 heteroatoms. The van der Waals surface area contributed by atoms with Crippen LogP contribution < -0.4 is 5.32 Å². The van der Waals surface area contributed by atoms with E-state index in [2.05, 4.69) is 24.6 Å². The van der Waals surface area contributed by atoms with Gasteiger partial charge in [0.25, 0.3) is 5.91 Å². The molecular weight excluding hydrogens is 352 g/mol. The molecular formula is C23H28N2O3. The fraction of sp³-hybridized carbons (Fsp3) is 0.348. The summed E-state index contributed by atoms with van der Waals surface area (Å²) in [6.45, 7) is 14.5. The van der Waals surface area contributed by atoms with Gasteiger partial charge in [-0.25, -0.2) is 0 Å². The van der Waals surface area contributed by atoms with Gasteiger partial charge in [-0.15, -0.1) is 0 Å². The minimum atomic E-state index is -0.465. The molecule has 1 unspecified atom stereocenters. The summed E-state index contributed by atoms with van der Waals surface area (Å²) < 4.78 is 6.12. The van der Waals surface area contributed by atoms with Gasteiger partial charge in [-0.05, 0) is 50.2 Å². The molecule has 2 aliphatic rings. The largest absolute Gasteiger partial charge is 0.507 e. The highest BCUT2D eigenvalue weighted by Crippen LogP contribution is 2.43. The van der Waals surface area contributed by atoms with E-state index >= 15 is 0 Å². The number of allylic oxidation sites excluding steroid dienone is 3. The maximum Gasteiger partial charge on any atom is 0.253 e. The first-order valence-electron chi connectivity index (χ1n) is 9.72. The molecule has 3 rings (SSSR count). The predicted molar refractivity (Wildman–Crippen MR) is 112 cm³/mol. The Hall–Kier alpha value is -2.79. The molecule has 1 spiro atoms. The highest BCUT2D eigenvalue weighted by atomic mass is 16.5. The van der Waals surface area contributed by atoms with Crippen LogP contribution in [0.2, 0.25) is 0 Å². The number of phenolic OH excluding ortho intramolecular Hbond substituents is 1. The topological polar surface area (TPSA) is 61.8 Å². The highest BCUT2D eigenvalue weighted by Gasteiger charge is 2.39. The fourth-order valence-electron chi connectivity index (χ4n) is 3.83. The van der Waals surface area contributed by atoms with Crippen LogP contribution in [0.3, 0.4) is 0 Å². The van der Waals surface area contributed by atoms with Gasteiger partial charge in [0, 0.05) is 42.8 Å². The van der Waals surface area contributed by atoms with Crippen molar-refractivity contribution in [3.05, 3.63) is 72.0 Å². The standard InChI is InChI=1S/C23H28N2O3/c1-5-8-18-16(4)28-23(11-12-24-15-23)14-20(18)19-10-9-17(13-21(19)26)22(27)25(6-2)7-3/h5,8-10,13-14,24,26H,1,4,6-7,11-12,15H2,2-3H3/b18-8+. The molecule has 1 fully saturated rings. The molecule has 0 aromatic heterocycles. The molecule has 1 amide bonds. The number of amides is 1. The van der Waals surface area contributed by atoms with Crippen LogP contribution in [0.4, 0.5) is 0 Å². The highest BCUT2D eigenvalue weighted by molar-refractivity contribution is 5.96. The van der Waals surface area contributed by atoms with E-state index in [1.54, 1.807) is 29.2 Å². The Labute approximate surface area is 166 Å². The molecule has 1 aromatic carbocycles. The van der Waals surface area contributed by atoms with E-state index < -0.39 is 5.60 Å². The average molecular weight is 380 g/mol. The van der Waals surface area contributed by atoms with Gasteiger partial charge in [0.15, 0.2) is 0 Å². The van der Waals surface area contributed by atoms with Crippen LogP contribution in [0.5, 0.6) is 5.75 Å². The molecule has 148 valence electrons. The van der Waals surface area contributed by atoms with Crippen molar-refractivity contribution in [2.45, 2.75) is 25.9 Å². The summed E-state index contributed by atoms with van der Waals surface area (Å²) in [7, 11) is 0. The van der Waals surface area contributed by atoms with Crippen molar-refractivity contribution < 1.29 is 14.6 Å². The van der Waals surface area contributed by atoms with E-state index in [1.165, 1.54) is 0 Å². The molecule has 1 saturated heterocycles. The van der Waals surface area contributed by atoms with Crippen molar-refractivity contribution in [2.24, 2.45) is 0 Å². The first kappa shape index (κ1) is 20.0. The number of benzene rings is 1. The molecule has 28 heavy (non-hydrogen) atoms. The number of nitrogens with one attached hydrogen (secondary N) is 1. The summed E-state index contributed by atoms with van der Waals surface area (Å²) in [5, 5.41) is 14.1. The Morgan fingerprint density at radius 2 is 2.14 bits per heavy atom. The van der Waals surface area contributed by atoms with Crippen molar-refractivity contribution in [2.75, 3.05) is 26.2 Å². The maximum absolute atomic E-state index is 12.6. The molecule has 2 aliphatic heterocycles. The Morgan fingerprint density at radius 3 is 2.71 bits per heavy atom. The van der Waals surface area contributed by atoms with Crippen molar-refractivity contribution in [3.63, 3.8) is 0 Å². The van der Waals surface area contributed by atoms with Crippen molar-refractivity contribution in [3.8, 4) is 5.75 Å². The van der Waals surface area contributed by atoms with Gasteiger partial charge in [-0.3, -0.25) is 4.79 Å². The van der Waals surface area contributed by atoms with Crippen LogP contribution in [-0.2, 0) is 4.74 Å². The Bertz CT molecular complexity index is 857. The number of carbonyl (C=O) groups excluding carboxylic acids is 1. The molecule has 2 N–H and O–H groups in total. The van der Waals surface area contributed by atoms with Crippen LogP contribution in [-0.4, -0.2) is 47.7 Å². The quantitative estimate of drug-likeness (QED) is 0.819. The van der Waals surface area contributed by atoms with E-state index in [1.807, 2.05) is 19.9 Å². The maximum atomic E-state index is 12.6. The predicted octanol–water partition coefficient (Wildman–Crippen LogP) is 3.65. The molecule has 2 heterocycles. The summed E-state index contributed by atoms with van der Waals surface area (Å²) in [6, 6.07) is 5.10. The smallest absolute Gasteiger partial charge is 0.253 e. The van der Waals surface area contributed by atoms with Gasteiger partial charge in [-0.2, -0.15) is 0 Å². The van der Waals surface area contributed by atoms with Gasteiger partial charge >= 0.3 is 0 Å². The second-order valence-corrected chi connectivity index (χ2v) is 7.10. The lowest BCUT2D eigenvalue weighted by atomic mass is 9.86. The number of hydrogen-bond acceptors (Lipinski definition) is 4. The molecule has 1 aromatic rings. The Morgan fingerprint density at radius 1 is 1.39 bits per heavy atom. The lowest BCUT2D eigenvalue weighted by molar-refractivity contribution is 0.0657. The first-order valence-corrected chi connectivity index (χ1v) is 9.72. The third kappa shape index (κ3) is 3.62. The number of nitrogens with zero attached hydrogens (tertiary/aromatic N) is 1. The number of ether oxygens (including phenoxy) is 1. The summed E-state index contributed by atoms with van der Waals surface area (Å²) >= 11 is 0. The van der Waals surface area contributed by atoms with E-state index in [9.17, 15) is 9.90 Å². The Balaban J connectivity index is 2.05. The number of phenols is 1. The summed E-state index contributed by atoms with van der Waals surface area (Å²) in [5.74, 6) is 0.536. The summed E-state index contributed by atoms with van der Waals surface area (Å²) in [6.07, 6.45) is 6.39. The molecule has 5 nitrogen and oxygen atoms in total. The van der Waals surface area contributed by atoms with Crippen LogP contribution in [0.1, 0.15) is 36.2 Å². The Kier molecular flexibility index (Phi) is 5.75. The van der Waals surface area contributed by atoms with Gasteiger partial charge in [0.2, 0.25) is 0 Å². The average Bonchev–Trinajstić information content (AvgIpc) is 3.12. The second kappa shape index (κ2) is 8.07. The molecule has 0 saturated carbocycles. The zero-order valence-electron chi connectivity index (χ0n) is 16.6. The van der Waals surface area contributed by atoms with Gasteiger partial charge < -0.3 is 20.1 Å². The van der Waals surface area contributed by atoms with Gasteiger partial charge in [-0.1, -0.05) is 25.3 Å². The van der Waals surface area contributed by atoms with E-state index in [0.29, 0.717) is 36.5 Å². The SMILES string of the molecule is C=C/C=C1\C(=C)OC2(C=C1c1ccc(C(=O)N(CC)CC)cc1O)CCNC2. The first-order chi connectivity index (χ1) is 13.4. The van der Waals surface area contributed by atoms with Crippen LogP contribution >= 0.6 is 0 Å². The minimum Gasteiger partial charge on any atom is -0.507 e. The fourth-order valence-corrected chi connectivity index (χ4v) is 3.83. The zero-order valence-corrected chi connectivity index (χ0v) is 16.6. The lowest BCUT2D eigenvalue weighted by Gasteiger charge is -2.35. The second-order valence-electron chi connectivity index (χ2n) is 7.10. The molecule has 0 bridgehead atoms. The summed E-state index contributed by atoms with van der Waals surface area (Å²) in [5.41, 5.74) is 2.29. The molecule has 0 radical (unpaired) electrons.